The Labute approximate surface area is 117 Å². The van der Waals surface area contributed by atoms with Crippen molar-refractivity contribution in [2.45, 2.75) is 0 Å². The van der Waals surface area contributed by atoms with E-state index < -0.39 is 0 Å². The lowest BCUT2D eigenvalue weighted by Crippen LogP contribution is -2.12. The molecule has 1 heterocycles. The number of anilines is 1. The first-order valence-corrected chi connectivity index (χ1v) is 6.26. The van der Waals surface area contributed by atoms with Gasteiger partial charge in [0, 0.05) is 10.7 Å². The third-order valence-electron chi connectivity index (χ3n) is 2.30. The molecular weight excluding hydrogens is 320 g/mol. The van der Waals surface area contributed by atoms with Gasteiger partial charge >= 0.3 is 0 Å². The summed E-state index contributed by atoms with van der Waals surface area (Å²) in [5.41, 5.74) is 0.977. The number of hydrogen-bond donors (Lipinski definition) is 2. The van der Waals surface area contributed by atoms with Crippen LogP contribution in [-0.4, -0.2) is 18.0 Å². The lowest BCUT2D eigenvalue weighted by Gasteiger charge is -2.09. The molecule has 0 atom stereocenters. The molecule has 6 heteroatoms. The van der Waals surface area contributed by atoms with Crippen LogP contribution in [0.2, 0.25) is 5.02 Å². The van der Waals surface area contributed by atoms with Gasteiger partial charge in [-0.15, -0.1) is 0 Å². The summed E-state index contributed by atoms with van der Waals surface area (Å²) < 4.78 is 6.02. The van der Waals surface area contributed by atoms with Gasteiger partial charge in [-0.2, -0.15) is 0 Å². The molecule has 1 amide bonds. The Morgan fingerprint density at radius 1 is 1.44 bits per heavy atom. The third-order valence-corrected chi connectivity index (χ3v) is 3.01. The van der Waals surface area contributed by atoms with Crippen LogP contribution in [0.1, 0.15) is 10.5 Å². The van der Waals surface area contributed by atoms with Crippen molar-refractivity contribution in [2.24, 2.45) is 0 Å². The molecule has 18 heavy (non-hydrogen) atoms. The standard InChI is InChI=1S/C12H10BrClN2O2/c1-18-11-3-2-7(13)4-9(11)16-12(17)10-5-8(14)6-15-10/h2-6,15H,1H3,(H,16,17). The van der Waals surface area contributed by atoms with Crippen LogP contribution in [0.15, 0.2) is 34.9 Å². The molecular formula is C12H10BrClN2O2. The van der Waals surface area contributed by atoms with Crippen molar-refractivity contribution in [3.8, 4) is 5.75 Å². The van der Waals surface area contributed by atoms with Crippen LogP contribution in [0.25, 0.3) is 0 Å². The molecule has 2 rings (SSSR count). The summed E-state index contributed by atoms with van der Waals surface area (Å²) in [6.07, 6.45) is 1.55. The first-order valence-electron chi connectivity index (χ1n) is 5.09. The molecule has 0 unspecified atom stereocenters. The van der Waals surface area contributed by atoms with Gasteiger partial charge in [0.15, 0.2) is 0 Å². The monoisotopic (exact) mass is 328 g/mol. The molecule has 94 valence electrons. The Kier molecular flexibility index (Phi) is 3.93. The van der Waals surface area contributed by atoms with Gasteiger partial charge in [0.05, 0.1) is 17.8 Å². The van der Waals surface area contributed by atoms with E-state index in [-0.39, 0.29) is 5.91 Å². The maximum absolute atomic E-state index is 11.9. The van der Waals surface area contributed by atoms with Crippen molar-refractivity contribution in [3.63, 3.8) is 0 Å². The topological polar surface area (TPSA) is 54.1 Å². The van der Waals surface area contributed by atoms with Crippen molar-refractivity contribution in [1.29, 1.82) is 0 Å². The average molecular weight is 330 g/mol. The van der Waals surface area contributed by atoms with E-state index in [0.29, 0.717) is 22.2 Å². The number of H-pyrrole nitrogens is 1. The minimum atomic E-state index is -0.279. The SMILES string of the molecule is COc1ccc(Br)cc1NC(=O)c1cc(Cl)c[nH]1. The van der Waals surface area contributed by atoms with Crippen molar-refractivity contribution < 1.29 is 9.53 Å². The fraction of sp³-hybridized carbons (Fsp3) is 0.0833. The highest BCUT2D eigenvalue weighted by Crippen LogP contribution is 2.28. The number of benzene rings is 1. The van der Waals surface area contributed by atoms with Gasteiger partial charge in [-0.3, -0.25) is 4.79 Å². The van der Waals surface area contributed by atoms with Crippen LogP contribution < -0.4 is 10.1 Å². The number of carbonyl (C=O) groups excluding carboxylic acids is 1. The molecule has 1 aromatic heterocycles. The highest BCUT2D eigenvalue weighted by Gasteiger charge is 2.11. The molecule has 0 aliphatic rings. The van der Waals surface area contributed by atoms with Crippen molar-refractivity contribution >= 4 is 39.1 Å². The number of hydrogen-bond acceptors (Lipinski definition) is 2. The van der Waals surface area contributed by atoms with Gasteiger partial charge in [0.1, 0.15) is 11.4 Å². The molecule has 0 saturated carbocycles. The van der Waals surface area contributed by atoms with E-state index in [2.05, 4.69) is 26.2 Å². The molecule has 4 nitrogen and oxygen atoms in total. The average Bonchev–Trinajstić information content (AvgIpc) is 2.76. The number of amides is 1. The van der Waals surface area contributed by atoms with E-state index in [1.165, 1.54) is 0 Å². The van der Waals surface area contributed by atoms with Crippen LogP contribution >= 0.6 is 27.5 Å². The maximum atomic E-state index is 11.9. The van der Waals surface area contributed by atoms with Crippen molar-refractivity contribution in [2.75, 3.05) is 12.4 Å². The lowest BCUT2D eigenvalue weighted by molar-refractivity contribution is 0.102. The largest absolute Gasteiger partial charge is 0.495 e. The van der Waals surface area contributed by atoms with E-state index in [0.717, 1.165) is 4.47 Å². The molecule has 0 aliphatic heterocycles. The normalized spacial score (nSPS) is 10.2. The van der Waals surface area contributed by atoms with Gasteiger partial charge in [0.2, 0.25) is 0 Å². The summed E-state index contributed by atoms with van der Waals surface area (Å²) in [6, 6.07) is 6.92. The van der Waals surface area contributed by atoms with Crippen LogP contribution in [0.3, 0.4) is 0 Å². The van der Waals surface area contributed by atoms with E-state index in [1.54, 1.807) is 31.5 Å². The smallest absolute Gasteiger partial charge is 0.272 e. The van der Waals surface area contributed by atoms with Crippen molar-refractivity contribution in [1.82, 2.24) is 4.98 Å². The fourth-order valence-corrected chi connectivity index (χ4v) is 1.99. The van der Waals surface area contributed by atoms with Crippen LogP contribution in [0, 0.1) is 0 Å². The van der Waals surface area contributed by atoms with Crippen molar-refractivity contribution in [3.05, 3.63) is 45.7 Å². The fourth-order valence-electron chi connectivity index (χ4n) is 1.47. The summed E-state index contributed by atoms with van der Waals surface area (Å²) >= 11 is 9.09. The number of carbonyl (C=O) groups is 1. The molecule has 0 bridgehead atoms. The van der Waals surface area contributed by atoms with E-state index in [1.807, 2.05) is 6.07 Å². The Balaban J connectivity index is 2.23. The molecule has 0 radical (unpaired) electrons. The van der Waals surface area contributed by atoms with Gasteiger partial charge in [-0.25, -0.2) is 0 Å². The molecule has 0 saturated heterocycles. The summed E-state index contributed by atoms with van der Waals surface area (Å²) in [5.74, 6) is 0.308. The minimum absolute atomic E-state index is 0.279. The summed E-state index contributed by atoms with van der Waals surface area (Å²) in [4.78, 5) is 14.7. The predicted molar refractivity (Wildman–Crippen MR) is 74.4 cm³/mol. The third kappa shape index (κ3) is 2.86. The van der Waals surface area contributed by atoms with Crippen LogP contribution in [0.5, 0.6) is 5.75 Å². The zero-order valence-corrected chi connectivity index (χ0v) is 11.8. The number of aromatic amines is 1. The summed E-state index contributed by atoms with van der Waals surface area (Å²) in [5, 5.41) is 3.24. The first-order chi connectivity index (χ1) is 8.60. The van der Waals surface area contributed by atoms with Gasteiger partial charge < -0.3 is 15.0 Å². The quantitative estimate of drug-likeness (QED) is 0.902. The number of nitrogens with one attached hydrogen (secondary N) is 2. The number of ether oxygens (including phenoxy) is 1. The molecule has 0 fully saturated rings. The number of aromatic nitrogens is 1. The number of rotatable bonds is 3. The highest BCUT2D eigenvalue weighted by atomic mass is 79.9. The Bertz CT molecular complexity index is 583. The summed E-state index contributed by atoms with van der Waals surface area (Å²) in [6.45, 7) is 0. The van der Waals surface area contributed by atoms with E-state index >= 15 is 0 Å². The highest BCUT2D eigenvalue weighted by molar-refractivity contribution is 9.10. The second-order valence-electron chi connectivity index (χ2n) is 3.53. The Hall–Kier alpha value is -1.46. The Morgan fingerprint density at radius 2 is 2.22 bits per heavy atom. The van der Waals surface area contributed by atoms with Gasteiger partial charge in [-0.05, 0) is 24.3 Å². The summed E-state index contributed by atoms with van der Waals surface area (Å²) in [7, 11) is 1.55. The molecule has 0 aliphatic carbocycles. The molecule has 0 spiro atoms. The van der Waals surface area contributed by atoms with E-state index in [9.17, 15) is 4.79 Å². The van der Waals surface area contributed by atoms with Crippen LogP contribution in [0.4, 0.5) is 5.69 Å². The van der Waals surface area contributed by atoms with Gasteiger partial charge in [0.25, 0.3) is 5.91 Å². The van der Waals surface area contributed by atoms with Gasteiger partial charge in [-0.1, -0.05) is 27.5 Å². The van der Waals surface area contributed by atoms with Crippen LogP contribution in [-0.2, 0) is 0 Å². The number of methoxy groups -OCH3 is 1. The number of halogens is 2. The van der Waals surface area contributed by atoms with E-state index in [4.69, 9.17) is 16.3 Å². The molecule has 2 aromatic rings. The Morgan fingerprint density at radius 3 is 2.83 bits per heavy atom. The second kappa shape index (κ2) is 5.46. The lowest BCUT2D eigenvalue weighted by atomic mass is 10.3. The molecule has 2 N–H and O–H groups in total. The second-order valence-corrected chi connectivity index (χ2v) is 4.88. The first kappa shape index (κ1) is 13.0. The zero-order chi connectivity index (χ0) is 13.1. The molecule has 1 aromatic carbocycles. The minimum Gasteiger partial charge on any atom is -0.495 e. The predicted octanol–water partition coefficient (Wildman–Crippen LogP) is 3.69. The maximum Gasteiger partial charge on any atom is 0.272 e. The zero-order valence-electron chi connectivity index (χ0n) is 9.46.